The standard InChI is InChI=1S/C23H29N3O3/c1-4-29-22(27)20-7-5-6-8-21(20)24-23(28)26-15-13-25(14-16-26)19-11-9-18(10-12-19)17(2)3/h5-12,17H,4,13-16H2,1-3H3,(H,24,28). The van der Waals surface area contributed by atoms with E-state index in [0.717, 1.165) is 13.1 Å². The third kappa shape index (κ3) is 5.08. The summed E-state index contributed by atoms with van der Waals surface area (Å²) in [5, 5.41) is 2.86. The number of carbonyl (C=O) groups is 2. The summed E-state index contributed by atoms with van der Waals surface area (Å²) in [5.41, 5.74) is 3.35. The summed E-state index contributed by atoms with van der Waals surface area (Å²) < 4.78 is 5.07. The first kappa shape index (κ1) is 20.7. The highest BCUT2D eigenvalue weighted by Crippen LogP contribution is 2.22. The number of anilines is 2. The molecule has 1 N–H and O–H groups in total. The number of para-hydroxylation sites is 1. The van der Waals surface area contributed by atoms with E-state index in [9.17, 15) is 9.59 Å². The molecule has 0 radical (unpaired) electrons. The average Bonchev–Trinajstić information content (AvgIpc) is 2.74. The molecule has 1 saturated heterocycles. The van der Waals surface area contributed by atoms with Crippen LogP contribution in [0.2, 0.25) is 0 Å². The van der Waals surface area contributed by atoms with Crippen molar-refractivity contribution in [3.63, 3.8) is 0 Å². The molecule has 0 spiro atoms. The fourth-order valence-corrected chi connectivity index (χ4v) is 3.41. The zero-order valence-electron chi connectivity index (χ0n) is 17.4. The van der Waals surface area contributed by atoms with Gasteiger partial charge >= 0.3 is 12.0 Å². The average molecular weight is 396 g/mol. The predicted molar refractivity (Wildman–Crippen MR) is 116 cm³/mol. The molecule has 6 heteroatoms. The Hall–Kier alpha value is -3.02. The van der Waals surface area contributed by atoms with Crippen LogP contribution >= 0.6 is 0 Å². The largest absolute Gasteiger partial charge is 0.462 e. The van der Waals surface area contributed by atoms with Crippen molar-refractivity contribution < 1.29 is 14.3 Å². The van der Waals surface area contributed by atoms with Gasteiger partial charge in [0.1, 0.15) is 0 Å². The van der Waals surface area contributed by atoms with Gasteiger partial charge in [0.25, 0.3) is 0 Å². The van der Waals surface area contributed by atoms with Gasteiger partial charge in [-0.2, -0.15) is 0 Å². The highest BCUT2D eigenvalue weighted by atomic mass is 16.5. The summed E-state index contributed by atoms with van der Waals surface area (Å²) in [5.74, 6) is 0.0835. The van der Waals surface area contributed by atoms with Gasteiger partial charge in [-0.25, -0.2) is 9.59 Å². The number of benzene rings is 2. The van der Waals surface area contributed by atoms with Crippen molar-refractivity contribution in [2.75, 3.05) is 43.0 Å². The van der Waals surface area contributed by atoms with E-state index in [-0.39, 0.29) is 6.03 Å². The number of nitrogens with zero attached hydrogens (tertiary/aromatic N) is 2. The van der Waals surface area contributed by atoms with E-state index in [1.54, 1.807) is 36.1 Å². The number of esters is 1. The number of urea groups is 1. The zero-order chi connectivity index (χ0) is 20.8. The smallest absolute Gasteiger partial charge is 0.340 e. The predicted octanol–water partition coefficient (Wildman–Crippen LogP) is 4.34. The molecule has 0 saturated carbocycles. The topological polar surface area (TPSA) is 61.9 Å². The molecule has 0 aliphatic carbocycles. The molecule has 3 rings (SSSR count). The minimum atomic E-state index is -0.432. The monoisotopic (exact) mass is 395 g/mol. The van der Waals surface area contributed by atoms with E-state index in [1.165, 1.54) is 11.3 Å². The van der Waals surface area contributed by atoms with Gasteiger partial charge in [0, 0.05) is 31.9 Å². The van der Waals surface area contributed by atoms with E-state index >= 15 is 0 Å². The fraction of sp³-hybridized carbons (Fsp3) is 0.391. The van der Waals surface area contributed by atoms with Gasteiger partial charge in [-0.1, -0.05) is 38.1 Å². The number of carbonyl (C=O) groups excluding carboxylic acids is 2. The van der Waals surface area contributed by atoms with Gasteiger partial charge in [0.05, 0.1) is 17.9 Å². The number of piperazine rings is 1. The summed E-state index contributed by atoms with van der Waals surface area (Å²) in [6.45, 7) is 9.22. The summed E-state index contributed by atoms with van der Waals surface area (Å²) in [4.78, 5) is 28.9. The fourth-order valence-electron chi connectivity index (χ4n) is 3.41. The molecule has 1 fully saturated rings. The Morgan fingerprint density at radius 2 is 1.66 bits per heavy atom. The number of amides is 2. The Balaban J connectivity index is 1.59. The molecule has 1 aliphatic rings. The second-order valence-corrected chi connectivity index (χ2v) is 7.42. The number of hydrogen-bond donors (Lipinski definition) is 1. The minimum absolute atomic E-state index is 0.198. The lowest BCUT2D eigenvalue weighted by molar-refractivity contribution is 0.0527. The summed E-state index contributed by atoms with van der Waals surface area (Å²) in [6.07, 6.45) is 0. The van der Waals surface area contributed by atoms with Gasteiger partial charge in [-0.3, -0.25) is 0 Å². The molecule has 1 heterocycles. The third-order valence-electron chi connectivity index (χ3n) is 5.16. The van der Waals surface area contributed by atoms with E-state index in [1.807, 2.05) is 0 Å². The Bertz CT molecular complexity index is 841. The second kappa shape index (κ2) is 9.45. The first-order chi connectivity index (χ1) is 14.0. The lowest BCUT2D eigenvalue weighted by atomic mass is 10.0. The van der Waals surface area contributed by atoms with Gasteiger partial charge in [0.15, 0.2) is 0 Å². The maximum Gasteiger partial charge on any atom is 0.340 e. The maximum absolute atomic E-state index is 12.7. The molecule has 2 aromatic rings. The molecule has 2 amide bonds. The molecule has 0 aromatic heterocycles. The van der Waals surface area contributed by atoms with E-state index in [4.69, 9.17) is 4.74 Å². The molecule has 0 atom stereocenters. The number of nitrogens with one attached hydrogen (secondary N) is 1. The van der Waals surface area contributed by atoms with Crippen LogP contribution in [0.15, 0.2) is 48.5 Å². The molecular weight excluding hydrogens is 366 g/mol. The summed E-state index contributed by atoms with van der Waals surface area (Å²) in [6, 6.07) is 15.4. The molecule has 0 unspecified atom stereocenters. The van der Waals surface area contributed by atoms with Crippen LogP contribution in [0.1, 0.15) is 42.6 Å². The van der Waals surface area contributed by atoms with Crippen LogP contribution in [-0.4, -0.2) is 49.7 Å². The van der Waals surface area contributed by atoms with Crippen LogP contribution < -0.4 is 10.2 Å². The molecule has 154 valence electrons. The lowest BCUT2D eigenvalue weighted by Gasteiger charge is -2.36. The quantitative estimate of drug-likeness (QED) is 0.765. The number of rotatable bonds is 5. The normalized spacial score (nSPS) is 14.1. The molecular formula is C23H29N3O3. The lowest BCUT2D eigenvalue weighted by Crippen LogP contribution is -2.50. The minimum Gasteiger partial charge on any atom is -0.462 e. The van der Waals surface area contributed by atoms with Gasteiger partial charge in [-0.15, -0.1) is 0 Å². The van der Waals surface area contributed by atoms with Crippen molar-refractivity contribution in [3.05, 3.63) is 59.7 Å². The van der Waals surface area contributed by atoms with Crippen LogP contribution in [0.25, 0.3) is 0 Å². The maximum atomic E-state index is 12.7. The molecule has 6 nitrogen and oxygen atoms in total. The zero-order valence-corrected chi connectivity index (χ0v) is 17.4. The van der Waals surface area contributed by atoms with Gasteiger partial charge in [-0.05, 0) is 42.7 Å². The van der Waals surface area contributed by atoms with Crippen LogP contribution in [0.3, 0.4) is 0 Å². The highest BCUT2D eigenvalue weighted by Gasteiger charge is 2.23. The van der Waals surface area contributed by atoms with E-state index in [0.29, 0.717) is 36.9 Å². The van der Waals surface area contributed by atoms with E-state index < -0.39 is 5.97 Å². The van der Waals surface area contributed by atoms with E-state index in [2.05, 4.69) is 48.3 Å². The van der Waals surface area contributed by atoms with Gasteiger partial charge in [0.2, 0.25) is 0 Å². The SMILES string of the molecule is CCOC(=O)c1ccccc1NC(=O)N1CCN(c2ccc(C(C)C)cc2)CC1. The highest BCUT2D eigenvalue weighted by molar-refractivity contribution is 6.00. The van der Waals surface area contributed by atoms with Crippen LogP contribution in [0.4, 0.5) is 16.2 Å². The third-order valence-corrected chi connectivity index (χ3v) is 5.16. The Morgan fingerprint density at radius 3 is 2.28 bits per heavy atom. The Labute approximate surface area is 172 Å². The summed E-state index contributed by atoms with van der Waals surface area (Å²) >= 11 is 0. The molecule has 29 heavy (non-hydrogen) atoms. The van der Waals surface area contributed by atoms with Crippen molar-refractivity contribution >= 4 is 23.4 Å². The van der Waals surface area contributed by atoms with Crippen molar-refractivity contribution in [2.24, 2.45) is 0 Å². The number of ether oxygens (including phenoxy) is 1. The van der Waals surface area contributed by atoms with Crippen molar-refractivity contribution in [3.8, 4) is 0 Å². The molecule has 1 aliphatic heterocycles. The Morgan fingerprint density at radius 1 is 1.00 bits per heavy atom. The van der Waals surface area contributed by atoms with Crippen molar-refractivity contribution in [1.29, 1.82) is 0 Å². The van der Waals surface area contributed by atoms with Crippen molar-refractivity contribution in [2.45, 2.75) is 26.7 Å². The number of hydrogen-bond acceptors (Lipinski definition) is 4. The van der Waals surface area contributed by atoms with Crippen molar-refractivity contribution in [1.82, 2.24) is 4.90 Å². The van der Waals surface area contributed by atoms with Crippen LogP contribution in [0.5, 0.6) is 0 Å². The molecule has 2 aromatic carbocycles. The van der Waals surface area contributed by atoms with Crippen LogP contribution in [-0.2, 0) is 4.74 Å². The van der Waals surface area contributed by atoms with Gasteiger partial charge < -0.3 is 19.9 Å². The molecule has 0 bridgehead atoms. The second-order valence-electron chi connectivity index (χ2n) is 7.42. The summed E-state index contributed by atoms with van der Waals surface area (Å²) in [7, 11) is 0. The first-order valence-electron chi connectivity index (χ1n) is 10.2. The Kier molecular flexibility index (Phi) is 6.75. The first-order valence-corrected chi connectivity index (χ1v) is 10.2. The van der Waals surface area contributed by atoms with Crippen LogP contribution in [0, 0.1) is 0 Å².